The summed E-state index contributed by atoms with van der Waals surface area (Å²) in [7, 11) is 0. The standard InChI is InChI=1S/C13H14BrN3O2S/c14-9-5-16-13(17-6-9)20-12-3-1-10(2-4-12)15-7-11(19)8-18/h1-6,11,15,18-19H,7-8H2. The molecular formula is C13H14BrN3O2S. The number of hydrogen-bond acceptors (Lipinski definition) is 6. The molecule has 5 nitrogen and oxygen atoms in total. The smallest absolute Gasteiger partial charge is 0.192 e. The van der Waals surface area contributed by atoms with E-state index in [4.69, 9.17) is 5.11 Å². The van der Waals surface area contributed by atoms with Crippen LogP contribution in [0.3, 0.4) is 0 Å². The molecule has 7 heteroatoms. The second-order valence-electron chi connectivity index (χ2n) is 4.03. The van der Waals surface area contributed by atoms with Crippen molar-refractivity contribution in [1.29, 1.82) is 0 Å². The zero-order chi connectivity index (χ0) is 14.4. The van der Waals surface area contributed by atoms with Crippen LogP contribution in [0.4, 0.5) is 5.69 Å². The largest absolute Gasteiger partial charge is 0.394 e. The molecule has 1 heterocycles. The summed E-state index contributed by atoms with van der Waals surface area (Å²) < 4.78 is 0.851. The molecule has 0 fully saturated rings. The molecule has 0 aliphatic heterocycles. The Hall–Kier alpha value is -1.15. The SMILES string of the molecule is OCC(O)CNc1ccc(Sc2ncc(Br)cn2)cc1. The van der Waals surface area contributed by atoms with Gasteiger partial charge >= 0.3 is 0 Å². The lowest BCUT2D eigenvalue weighted by atomic mass is 10.3. The predicted octanol–water partition coefficient (Wildman–Crippen LogP) is 2.16. The first-order valence-electron chi connectivity index (χ1n) is 5.95. The van der Waals surface area contributed by atoms with Crippen molar-refractivity contribution in [3.05, 3.63) is 41.1 Å². The number of anilines is 1. The molecule has 106 valence electrons. The van der Waals surface area contributed by atoms with Crippen molar-refractivity contribution in [2.24, 2.45) is 0 Å². The maximum Gasteiger partial charge on any atom is 0.192 e. The molecule has 1 aromatic carbocycles. The Morgan fingerprint density at radius 1 is 1.20 bits per heavy atom. The number of hydrogen-bond donors (Lipinski definition) is 3. The van der Waals surface area contributed by atoms with Crippen molar-refractivity contribution in [3.8, 4) is 0 Å². The Morgan fingerprint density at radius 3 is 2.45 bits per heavy atom. The molecule has 2 aromatic rings. The summed E-state index contributed by atoms with van der Waals surface area (Å²) in [5.41, 5.74) is 0.888. The number of rotatable bonds is 6. The van der Waals surface area contributed by atoms with Crippen LogP contribution in [0.2, 0.25) is 0 Å². The van der Waals surface area contributed by atoms with Crippen LogP contribution in [0.5, 0.6) is 0 Å². The van der Waals surface area contributed by atoms with E-state index in [2.05, 4.69) is 31.2 Å². The van der Waals surface area contributed by atoms with Crippen LogP contribution >= 0.6 is 27.7 Å². The number of benzene rings is 1. The molecule has 0 saturated heterocycles. The predicted molar refractivity (Wildman–Crippen MR) is 81.9 cm³/mol. The van der Waals surface area contributed by atoms with Gasteiger partial charge in [0.1, 0.15) is 0 Å². The highest BCUT2D eigenvalue weighted by Gasteiger charge is 2.03. The van der Waals surface area contributed by atoms with E-state index in [1.807, 2.05) is 24.3 Å². The highest BCUT2D eigenvalue weighted by atomic mass is 79.9. The van der Waals surface area contributed by atoms with Crippen molar-refractivity contribution < 1.29 is 10.2 Å². The van der Waals surface area contributed by atoms with Gasteiger partial charge in [0.25, 0.3) is 0 Å². The highest BCUT2D eigenvalue weighted by Crippen LogP contribution is 2.25. The van der Waals surface area contributed by atoms with Gasteiger partial charge in [-0.05, 0) is 52.0 Å². The van der Waals surface area contributed by atoms with Crippen LogP contribution in [-0.4, -0.2) is 39.4 Å². The van der Waals surface area contributed by atoms with Crippen molar-refractivity contribution in [1.82, 2.24) is 9.97 Å². The minimum absolute atomic E-state index is 0.248. The quantitative estimate of drug-likeness (QED) is 0.689. The molecule has 0 spiro atoms. The molecule has 2 rings (SSSR count). The number of aliphatic hydroxyl groups is 2. The Kier molecular flexibility index (Phi) is 5.78. The summed E-state index contributed by atoms with van der Waals surface area (Å²) >= 11 is 4.77. The lowest BCUT2D eigenvalue weighted by Gasteiger charge is -2.10. The third kappa shape index (κ3) is 4.75. The Balaban J connectivity index is 1.92. The molecule has 0 bridgehead atoms. The van der Waals surface area contributed by atoms with Crippen LogP contribution in [0, 0.1) is 0 Å². The van der Waals surface area contributed by atoms with Crippen LogP contribution in [0.1, 0.15) is 0 Å². The average molecular weight is 356 g/mol. The number of halogens is 1. The Bertz CT molecular complexity index is 536. The summed E-state index contributed by atoms with van der Waals surface area (Å²) in [5.74, 6) is 0. The van der Waals surface area contributed by atoms with Gasteiger partial charge in [0.2, 0.25) is 0 Å². The molecule has 0 saturated carbocycles. The van der Waals surface area contributed by atoms with Gasteiger partial charge in [-0.3, -0.25) is 0 Å². The summed E-state index contributed by atoms with van der Waals surface area (Å²) in [6.07, 6.45) is 2.67. The number of nitrogens with zero attached hydrogens (tertiary/aromatic N) is 2. The van der Waals surface area contributed by atoms with Gasteiger partial charge in [0, 0.05) is 29.5 Å². The van der Waals surface area contributed by atoms with E-state index in [1.54, 1.807) is 12.4 Å². The monoisotopic (exact) mass is 355 g/mol. The van der Waals surface area contributed by atoms with Gasteiger partial charge in [0.05, 0.1) is 17.2 Å². The van der Waals surface area contributed by atoms with E-state index in [9.17, 15) is 5.11 Å². The molecular weight excluding hydrogens is 342 g/mol. The minimum Gasteiger partial charge on any atom is -0.394 e. The first kappa shape index (κ1) is 15.2. The van der Waals surface area contributed by atoms with Gasteiger partial charge < -0.3 is 15.5 Å². The third-order valence-corrected chi connectivity index (χ3v) is 3.72. The minimum atomic E-state index is -0.750. The molecule has 1 atom stereocenters. The summed E-state index contributed by atoms with van der Waals surface area (Å²) in [6.45, 7) is 0.0701. The van der Waals surface area contributed by atoms with E-state index < -0.39 is 6.10 Å². The normalized spacial score (nSPS) is 12.2. The van der Waals surface area contributed by atoms with Gasteiger partial charge in [-0.25, -0.2) is 9.97 Å². The summed E-state index contributed by atoms with van der Waals surface area (Å²) in [5, 5.41) is 21.7. The van der Waals surface area contributed by atoms with Crippen LogP contribution in [-0.2, 0) is 0 Å². The molecule has 0 aliphatic rings. The van der Waals surface area contributed by atoms with Crippen LogP contribution in [0.25, 0.3) is 0 Å². The number of nitrogens with one attached hydrogen (secondary N) is 1. The highest BCUT2D eigenvalue weighted by molar-refractivity contribution is 9.10. The molecule has 0 amide bonds. The summed E-state index contributed by atoms with van der Waals surface area (Å²) in [6, 6.07) is 7.71. The van der Waals surface area contributed by atoms with E-state index >= 15 is 0 Å². The fourth-order valence-electron chi connectivity index (χ4n) is 1.40. The fraction of sp³-hybridized carbons (Fsp3) is 0.231. The Morgan fingerprint density at radius 2 is 1.85 bits per heavy atom. The zero-order valence-electron chi connectivity index (χ0n) is 10.5. The maximum absolute atomic E-state index is 9.25. The number of aromatic nitrogens is 2. The molecule has 0 aliphatic carbocycles. The molecule has 0 radical (unpaired) electrons. The van der Waals surface area contributed by atoms with E-state index in [0.717, 1.165) is 15.1 Å². The van der Waals surface area contributed by atoms with Crippen molar-refractivity contribution in [3.63, 3.8) is 0 Å². The average Bonchev–Trinajstić information content (AvgIpc) is 2.48. The lowest BCUT2D eigenvalue weighted by Crippen LogP contribution is -2.22. The fourth-order valence-corrected chi connectivity index (χ4v) is 2.30. The van der Waals surface area contributed by atoms with Gasteiger partial charge in [-0.15, -0.1) is 0 Å². The van der Waals surface area contributed by atoms with Gasteiger partial charge in [-0.1, -0.05) is 0 Å². The van der Waals surface area contributed by atoms with E-state index in [1.165, 1.54) is 11.8 Å². The topological polar surface area (TPSA) is 78.3 Å². The maximum atomic E-state index is 9.25. The third-order valence-electron chi connectivity index (χ3n) is 2.41. The first-order chi connectivity index (χ1) is 9.67. The van der Waals surface area contributed by atoms with E-state index in [-0.39, 0.29) is 6.61 Å². The lowest BCUT2D eigenvalue weighted by molar-refractivity contribution is 0.105. The van der Waals surface area contributed by atoms with Crippen molar-refractivity contribution in [2.45, 2.75) is 16.2 Å². The second-order valence-corrected chi connectivity index (χ2v) is 5.98. The van der Waals surface area contributed by atoms with E-state index in [0.29, 0.717) is 11.7 Å². The molecule has 3 N–H and O–H groups in total. The molecule has 20 heavy (non-hydrogen) atoms. The summed E-state index contributed by atoms with van der Waals surface area (Å²) in [4.78, 5) is 9.42. The molecule has 1 unspecified atom stereocenters. The first-order valence-corrected chi connectivity index (χ1v) is 7.56. The number of aliphatic hydroxyl groups excluding tert-OH is 2. The zero-order valence-corrected chi connectivity index (χ0v) is 12.9. The molecule has 1 aromatic heterocycles. The second kappa shape index (κ2) is 7.58. The van der Waals surface area contributed by atoms with Crippen molar-refractivity contribution in [2.75, 3.05) is 18.5 Å². The van der Waals surface area contributed by atoms with Crippen LogP contribution < -0.4 is 5.32 Å². The van der Waals surface area contributed by atoms with Gasteiger partial charge in [-0.2, -0.15) is 0 Å². The van der Waals surface area contributed by atoms with Crippen molar-refractivity contribution >= 4 is 33.4 Å². The Labute approximate surface area is 129 Å². The van der Waals surface area contributed by atoms with Crippen LogP contribution in [0.15, 0.2) is 51.2 Å². The van der Waals surface area contributed by atoms with Gasteiger partial charge in [0.15, 0.2) is 5.16 Å².